The van der Waals surface area contributed by atoms with Crippen molar-refractivity contribution in [2.75, 3.05) is 14.2 Å². The van der Waals surface area contributed by atoms with Crippen molar-refractivity contribution in [1.82, 2.24) is 0 Å². The lowest BCUT2D eigenvalue weighted by Crippen LogP contribution is -2.29. The van der Waals surface area contributed by atoms with Crippen molar-refractivity contribution in [1.29, 1.82) is 0 Å². The summed E-state index contributed by atoms with van der Waals surface area (Å²) < 4.78 is 42.3. The van der Waals surface area contributed by atoms with Gasteiger partial charge in [-0.25, -0.2) is 0 Å². The molecule has 0 amide bonds. The molecule has 1 saturated carbocycles. The van der Waals surface area contributed by atoms with E-state index in [4.69, 9.17) is 13.7 Å². The predicted octanol–water partition coefficient (Wildman–Crippen LogP) is 4.44. The van der Waals surface area contributed by atoms with E-state index in [1.165, 1.54) is 0 Å². The van der Waals surface area contributed by atoms with Gasteiger partial charge in [0.05, 0.1) is 25.2 Å². The molecule has 0 heterocycles. The van der Waals surface area contributed by atoms with E-state index in [0.717, 1.165) is 30.4 Å². The second-order valence-corrected chi connectivity index (χ2v) is 8.45. The molecule has 2 atom stereocenters. The number of aryl methyl sites for hydroxylation is 1. The molecule has 1 aliphatic carbocycles. The van der Waals surface area contributed by atoms with Gasteiger partial charge in [0.1, 0.15) is 0 Å². The van der Waals surface area contributed by atoms with Crippen molar-refractivity contribution in [3.05, 3.63) is 53.6 Å². The Balaban J connectivity index is 1.91. The van der Waals surface area contributed by atoms with Crippen LogP contribution in [0.5, 0.6) is 11.5 Å². The van der Waals surface area contributed by atoms with Crippen molar-refractivity contribution >= 4 is 10.1 Å². The normalized spacial score (nSPS) is 20.3. The van der Waals surface area contributed by atoms with Crippen LogP contribution in [0.1, 0.15) is 42.7 Å². The topological polar surface area (TPSA) is 61.8 Å². The Morgan fingerprint density at radius 2 is 1.63 bits per heavy atom. The zero-order chi connectivity index (χ0) is 19.4. The standard InChI is InChI=1S/C21H26O5S/c1-15-11-13-16(14-12-15)27(22,23)26-19-9-5-4-7-17(19)18-8-6-10-20(24-2)21(18)25-3/h6,8,10-14,17,19H,4-5,7,9H2,1-3H3/t17-,19+/m0/s1. The van der Waals surface area contributed by atoms with Gasteiger partial charge in [0.15, 0.2) is 11.5 Å². The summed E-state index contributed by atoms with van der Waals surface area (Å²) in [5, 5.41) is 0. The molecule has 0 saturated heterocycles. The molecule has 0 unspecified atom stereocenters. The molecular weight excluding hydrogens is 364 g/mol. The van der Waals surface area contributed by atoms with Gasteiger partial charge in [-0.2, -0.15) is 8.42 Å². The van der Waals surface area contributed by atoms with E-state index in [2.05, 4.69) is 0 Å². The summed E-state index contributed by atoms with van der Waals surface area (Å²) >= 11 is 0. The summed E-state index contributed by atoms with van der Waals surface area (Å²) in [4.78, 5) is 0.190. The van der Waals surface area contributed by atoms with Crippen LogP contribution in [-0.4, -0.2) is 28.7 Å². The molecule has 1 aliphatic rings. The predicted molar refractivity (Wildman–Crippen MR) is 104 cm³/mol. The van der Waals surface area contributed by atoms with Crippen molar-refractivity contribution in [3.63, 3.8) is 0 Å². The number of para-hydroxylation sites is 1. The third-order valence-electron chi connectivity index (χ3n) is 5.10. The van der Waals surface area contributed by atoms with Crippen LogP contribution in [0.3, 0.4) is 0 Å². The Morgan fingerprint density at radius 3 is 2.30 bits per heavy atom. The summed E-state index contributed by atoms with van der Waals surface area (Å²) in [6.45, 7) is 1.92. The van der Waals surface area contributed by atoms with E-state index in [-0.39, 0.29) is 10.8 Å². The first-order valence-corrected chi connectivity index (χ1v) is 10.6. The summed E-state index contributed by atoms with van der Waals surface area (Å²) in [5.74, 6) is 1.22. The van der Waals surface area contributed by atoms with Crippen molar-refractivity contribution in [2.45, 2.75) is 49.5 Å². The van der Waals surface area contributed by atoms with Gasteiger partial charge in [0.2, 0.25) is 0 Å². The highest BCUT2D eigenvalue weighted by molar-refractivity contribution is 7.86. The zero-order valence-corrected chi connectivity index (χ0v) is 16.8. The van der Waals surface area contributed by atoms with Gasteiger partial charge < -0.3 is 9.47 Å². The number of hydrogen-bond acceptors (Lipinski definition) is 5. The minimum atomic E-state index is -3.82. The maximum atomic E-state index is 12.8. The fourth-order valence-corrected chi connectivity index (χ4v) is 4.83. The van der Waals surface area contributed by atoms with E-state index in [9.17, 15) is 8.42 Å². The fraction of sp³-hybridized carbons (Fsp3) is 0.429. The summed E-state index contributed by atoms with van der Waals surface area (Å²) in [7, 11) is -0.629. The molecule has 0 N–H and O–H groups in total. The maximum absolute atomic E-state index is 12.8. The Bertz CT molecular complexity index is 874. The highest BCUT2D eigenvalue weighted by Crippen LogP contribution is 2.43. The first-order valence-electron chi connectivity index (χ1n) is 9.17. The van der Waals surface area contributed by atoms with Crippen molar-refractivity contribution in [3.8, 4) is 11.5 Å². The van der Waals surface area contributed by atoms with Crippen LogP contribution in [0.25, 0.3) is 0 Å². The minimum absolute atomic E-state index is 0.0657. The van der Waals surface area contributed by atoms with Crippen molar-refractivity contribution < 1.29 is 22.1 Å². The van der Waals surface area contributed by atoms with E-state index in [1.54, 1.807) is 38.5 Å². The number of hydrogen-bond donors (Lipinski definition) is 0. The van der Waals surface area contributed by atoms with Crippen LogP contribution in [0.15, 0.2) is 47.4 Å². The molecule has 0 bridgehead atoms. The van der Waals surface area contributed by atoms with Gasteiger partial charge in [0.25, 0.3) is 10.1 Å². The van der Waals surface area contributed by atoms with Crippen LogP contribution >= 0.6 is 0 Å². The third-order valence-corrected chi connectivity index (χ3v) is 6.45. The molecule has 6 heteroatoms. The number of methoxy groups -OCH3 is 2. The number of rotatable bonds is 6. The lowest BCUT2D eigenvalue weighted by atomic mass is 9.81. The molecule has 0 aliphatic heterocycles. The van der Waals surface area contributed by atoms with Gasteiger partial charge in [0, 0.05) is 11.5 Å². The maximum Gasteiger partial charge on any atom is 0.297 e. The quantitative estimate of drug-likeness (QED) is 0.682. The number of ether oxygens (including phenoxy) is 2. The smallest absolute Gasteiger partial charge is 0.297 e. The van der Waals surface area contributed by atoms with Gasteiger partial charge in [-0.05, 0) is 38.0 Å². The molecule has 1 fully saturated rings. The SMILES string of the molecule is COc1cccc([C@@H]2CCCC[C@H]2OS(=O)(=O)c2ccc(C)cc2)c1OC. The molecule has 2 aromatic rings. The van der Waals surface area contributed by atoms with Gasteiger partial charge in [-0.15, -0.1) is 0 Å². The molecule has 0 radical (unpaired) electrons. The second kappa shape index (κ2) is 8.31. The van der Waals surface area contributed by atoms with Crippen molar-refractivity contribution in [2.24, 2.45) is 0 Å². The molecule has 0 spiro atoms. The Morgan fingerprint density at radius 1 is 0.926 bits per heavy atom. The first-order chi connectivity index (χ1) is 13.0. The van der Waals surface area contributed by atoms with Crippen LogP contribution in [-0.2, 0) is 14.3 Å². The van der Waals surface area contributed by atoms with Gasteiger partial charge >= 0.3 is 0 Å². The molecule has 3 rings (SSSR count). The van der Waals surface area contributed by atoms with E-state index >= 15 is 0 Å². The Labute approximate surface area is 161 Å². The number of benzene rings is 2. The third kappa shape index (κ3) is 4.28. The molecule has 2 aromatic carbocycles. The van der Waals surface area contributed by atoms with E-state index < -0.39 is 16.2 Å². The van der Waals surface area contributed by atoms with Gasteiger partial charge in [-0.1, -0.05) is 42.7 Å². The molecule has 0 aromatic heterocycles. The Kier molecular flexibility index (Phi) is 6.07. The average molecular weight is 391 g/mol. The fourth-order valence-electron chi connectivity index (χ4n) is 3.69. The monoisotopic (exact) mass is 390 g/mol. The average Bonchev–Trinajstić information content (AvgIpc) is 2.67. The highest BCUT2D eigenvalue weighted by atomic mass is 32.2. The summed E-state index contributed by atoms with van der Waals surface area (Å²) in [6.07, 6.45) is 3.08. The summed E-state index contributed by atoms with van der Waals surface area (Å²) in [6, 6.07) is 12.4. The van der Waals surface area contributed by atoms with Crippen LogP contribution in [0, 0.1) is 6.92 Å². The largest absolute Gasteiger partial charge is 0.493 e. The molecule has 27 heavy (non-hydrogen) atoms. The first kappa shape index (κ1) is 19.7. The van der Waals surface area contributed by atoms with Gasteiger partial charge in [-0.3, -0.25) is 4.18 Å². The lowest BCUT2D eigenvalue weighted by molar-refractivity contribution is 0.135. The molecular formula is C21H26O5S. The minimum Gasteiger partial charge on any atom is -0.493 e. The molecule has 5 nitrogen and oxygen atoms in total. The lowest BCUT2D eigenvalue weighted by Gasteiger charge is -2.32. The van der Waals surface area contributed by atoms with Crippen LogP contribution in [0.2, 0.25) is 0 Å². The summed E-state index contributed by atoms with van der Waals surface area (Å²) in [5.41, 5.74) is 1.94. The van der Waals surface area contributed by atoms with E-state index in [0.29, 0.717) is 17.9 Å². The van der Waals surface area contributed by atoms with E-state index in [1.807, 2.05) is 25.1 Å². The Hall–Kier alpha value is -2.05. The zero-order valence-electron chi connectivity index (χ0n) is 16.0. The highest BCUT2D eigenvalue weighted by Gasteiger charge is 2.34. The van der Waals surface area contributed by atoms with Crippen LogP contribution < -0.4 is 9.47 Å². The van der Waals surface area contributed by atoms with Crippen LogP contribution in [0.4, 0.5) is 0 Å². The second-order valence-electron chi connectivity index (χ2n) is 6.88. The molecule has 146 valence electrons.